The van der Waals surface area contributed by atoms with Gasteiger partial charge in [-0.2, -0.15) is 0 Å². The topological polar surface area (TPSA) is 38.8 Å². The highest BCUT2D eigenvalue weighted by molar-refractivity contribution is 8.10. The number of hydrogen-bond acceptors (Lipinski definition) is 4. The first-order valence-corrected chi connectivity index (χ1v) is 9.57. The first-order chi connectivity index (χ1) is 13.5. The van der Waals surface area contributed by atoms with Gasteiger partial charge in [0.1, 0.15) is 15.8 Å². The molecule has 3 rings (SSSR count). The molecule has 4 nitrogen and oxygen atoms in total. The smallest absolute Gasteiger partial charge is 0.188 e. The van der Waals surface area contributed by atoms with E-state index in [1.807, 2.05) is 65.6 Å². The van der Waals surface area contributed by atoms with Crippen molar-refractivity contribution in [3.8, 4) is 11.5 Å². The second-order valence-corrected chi connectivity index (χ2v) is 7.47. The molecule has 28 heavy (non-hydrogen) atoms. The van der Waals surface area contributed by atoms with E-state index in [0.29, 0.717) is 28.6 Å². The lowest BCUT2D eigenvalue weighted by atomic mass is 9.94. The van der Waals surface area contributed by atoms with E-state index in [4.69, 9.17) is 21.7 Å². The molecule has 1 fully saturated rings. The lowest BCUT2D eigenvalue weighted by Crippen LogP contribution is -2.39. The third-order valence-electron chi connectivity index (χ3n) is 4.49. The number of benzene rings is 2. The van der Waals surface area contributed by atoms with E-state index in [-0.39, 0.29) is 5.78 Å². The number of ether oxygens (including phenoxy) is 2. The van der Waals surface area contributed by atoms with Crippen LogP contribution in [0.15, 0.2) is 59.7 Å². The molecule has 0 amide bonds. The molecule has 6 heteroatoms. The number of carbonyl (C=O) groups excluding carboxylic acids is 1. The van der Waals surface area contributed by atoms with Crippen LogP contribution in [-0.4, -0.2) is 42.3 Å². The molecule has 0 saturated carbocycles. The lowest BCUT2D eigenvalue weighted by molar-refractivity contribution is -0.113. The highest BCUT2D eigenvalue weighted by Crippen LogP contribution is 2.24. The number of Topliss-reactive ketones (excluding diaryl/α,β-unsaturated/α-hetero) is 1. The normalized spacial score (nSPS) is 17.1. The van der Waals surface area contributed by atoms with Gasteiger partial charge in [0.2, 0.25) is 0 Å². The van der Waals surface area contributed by atoms with Crippen molar-refractivity contribution in [1.29, 1.82) is 0 Å². The number of likely N-dealkylation sites (tertiary alicyclic amines) is 1. The van der Waals surface area contributed by atoms with Crippen molar-refractivity contribution in [2.45, 2.75) is 0 Å². The van der Waals surface area contributed by atoms with Gasteiger partial charge in [-0.15, -0.1) is 12.6 Å². The minimum absolute atomic E-state index is 0.0208. The standard InChI is InChI=1S/C22H21NO3S2/c1-25-19-7-3-15(4-8-19)11-17-13-23(22(27)28)14-18(21(17)24)12-16-5-9-20(26-2)10-6-16/h3-12H,13-14H2,1-2H3,(H,27,28)/b17-11+,18-12+. The Morgan fingerprint density at radius 3 is 1.61 bits per heavy atom. The van der Waals surface area contributed by atoms with E-state index in [1.54, 1.807) is 14.2 Å². The molecule has 1 saturated heterocycles. The van der Waals surface area contributed by atoms with Crippen molar-refractivity contribution in [2.75, 3.05) is 27.3 Å². The fourth-order valence-corrected chi connectivity index (χ4v) is 3.25. The number of thiocarbonyl (C=S) groups is 1. The molecular formula is C22H21NO3S2. The summed E-state index contributed by atoms with van der Waals surface area (Å²) in [5.74, 6) is 1.57. The average molecular weight is 412 g/mol. The van der Waals surface area contributed by atoms with Crippen LogP contribution in [0.25, 0.3) is 12.2 Å². The number of piperidine rings is 1. The van der Waals surface area contributed by atoms with Gasteiger partial charge in [0, 0.05) is 24.2 Å². The molecule has 0 unspecified atom stereocenters. The van der Waals surface area contributed by atoms with Gasteiger partial charge in [0.05, 0.1) is 14.2 Å². The van der Waals surface area contributed by atoms with Crippen LogP contribution in [0.3, 0.4) is 0 Å². The molecule has 2 aromatic rings. The van der Waals surface area contributed by atoms with E-state index >= 15 is 0 Å². The number of nitrogens with zero attached hydrogens (tertiary/aromatic N) is 1. The summed E-state index contributed by atoms with van der Waals surface area (Å²) in [6, 6.07) is 15.2. The Labute approximate surface area is 175 Å². The molecule has 0 bridgehead atoms. The third kappa shape index (κ3) is 4.82. The predicted octanol–water partition coefficient (Wildman–Crippen LogP) is 4.27. The Hall–Kier alpha value is -2.57. The second-order valence-electron chi connectivity index (χ2n) is 6.35. The van der Waals surface area contributed by atoms with Gasteiger partial charge >= 0.3 is 0 Å². The fraction of sp³-hybridized carbons (Fsp3) is 0.182. The van der Waals surface area contributed by atoms with E-state index in [9.17, 15) is 4.79 Å². The molecular weight excluding hydrogens is 390 g/mol. The maximum atomic E-state index is 13.1. The minimum Gasteiger partial charge on any atom is -0.497 e. The molecule has 1 aliphatic rings. The number of rotatable bonds is 4. The Balaban J connectivity index is 1.93. The summed E-state index contributed by atoms with van der Waals surface area (Å²) in [6.45, 7) is 0.875. The summed E-state index contributed by atoms with van der Waals surface area (Å²) in [5.41, 5.74) is 3.21. The van der Waals surface area contributed by atoms with E-state index in [1.165, 1.54) is 0 Å². The molecule has 1 aliphatic heterocycles. The highest BCUT2D eigenvalue weighted by atomic mass is 32.1. The molecule has 144 valence electrons. The number of hydrogen-bond donors (Lipinski definition) is 1. The Morgan fingerprint density at radius 2 is 1.29 bits per heavy atom. The maximum absolute atomic E-state index is 13.1. The van der Waals surface area contributed by atoms with Gasteiger partial charge in [-0.05, 0) is 47.5 Å². The van der Waals surface area contributed by atoms with Crippen LogP contribution in [0, 0.1) is 0 Å². The highest BCUT2D eigenvalue weighted by Gasteiger charge is 2.26. The Bertz CT molecular complexity index is 862. The van der Waals surface area contributed by atoms with Crippen molar-refractivity contribution < 1.29 is 14.3 Å². The summed E-state index contributed by atoms with van der Waals surface area (Å²) < 4.78 is 10.8. The van der Waals surface area contributed by atoms with Crippen LogP contribution < -0.4 is 9.47 Å². The molecule has 0 radical (unpaired) electrons. The van der Waals surface area contributed by atoms with Crippen molar-refractivity contribution in [3.05, 3.63) is 70.8 Å². The van der Waals surface area contributed by atoms with Crippen LogP contribution >= 0.6 is 24.8 Å². The summed E-state index contributed by atoms with van der Waals surface area (Å²) in [6.07, 6.45) is 3.78. The summed E-state index contributed by atoms with van der Waals surface area (Å²) in [7, 11) is 3.25. The van der Waals surface area contributed by atoms with Crippen LogP contribution in [0.5, 0.6) is 11.5 Å². The van der Waals surface area contributed by atoms with Gasteiger partial charge in [-0.25, -0.2) is 0 Å². The van der Waals surface area contributed by atoms with Gasteiger partial charge in [0.15, 0.2) is 5.78 Å². The van der Waals surface area contributed by atoms with Crippen molar-refractivity contribution in [3.63, 3.8) is 0 Å². The first-order valence-electron chi connectivity index (χ1n) is 8.72. The number of thiol groups is 1. The van der Waals surface area contributed by atoms with Crippen molar-refractivity contribution in [1.82, 2.24) is 4.90 Å². The fourth-order valence-electron chi connectivity index (χ4n) is 2.98. The van der Waals surface area contributed by atoms with Crippen LogP contribution in [0.2, 0.25) is 0 Å². The van der Waals surface area contributed by atoms with Gasteiger partial charge in [-0.3, -0.25) is 4.79 Å². The first kappa shape index (κ1) is 20.2. The average Bonchev–Trinajstić information content (AvgIpc) is 2.71. The quantitative estimate of drug-likeness (QED) is 0.462. The third-order valence-corrected chi connectivity index (χ3v) is 5.03. The van der Waals surface area contributed by atoms with Crippen LogP contribution in [0.1, 0.15) is 11.1 Å². The SMILES string of the molecule is COc1ccc(/C=C2\CN(C(=S)S)C/C(=C\c3ccc(OC)cc3)C2=O)cc1. The minimum atomic E-state index is 0.0208. The van der Waals surface area contributed by atoms with Gasteiger partial charge in [0.25, 0.3) is 0 Å². The number of methoxy groups -OCH3 is 2. The lowest BCUT2D eigenvalue weighted by Gasteiger charge is -2.30. The summed E-state index contributed by atoms with van der Waals surface area (Å²) >= 11 is 9.56. The monoisotopic (exact) mass is 411 g/mol. The maximum Gasteiger partial charge on any atom is 0.188 e. The predicted molar refractivity (Wildman–Crippen MR) is 120 cm³/mol. The Morgan fingerprint density at radius 1 is 0.893 bits per heavy atom. The molecule has 0 aliphatic carbocycles. The zero-order valence-corrected chi connectivity index (χ0v) is 17.4. The van der Waals surface area contributed by atoms with Crippen molar-refractivity contribution >= 4 is 47.1 Å². The van der Waals surface area contributed by atoms with E-state index < -0.39 is 0 Å². The zero-order valence-electron chi connectivity index (χ0n) is 15.7. The molecule has 0 spiro atoms. The van der Waals surface area contributed by atoms with E-state index in [0.717, 1.165) is 22.6 Å². The van der Waals surface area contributed by atoms with Gasteiger partial charge in [-0.1, -0.05) is 36.5 Å². The molecule has 1 heterocycles. The molecule has 2 aromatic carbocycles. The largest absolute Gasteiger partial charge is 0.497 e. The van der Waals surface area contributed by atoms with E-state index in [2.05, 4.69) is 12.6 Å². The van der Waals surface area contributed by atoms with Crippen LogP contribution in [-0.2, 0) is 4.79 Å². The van der Waals surface area contributed by atoms with Gasteiger partial charge < -0.3 is 14.4 Å². The molecule has 0 atom stereocenters. The summed E-state index contributed by atoms with van der Waals surface area (Å²) in [5, 5.41) is 0. The van der Waals surface area contributed by atoms with Crippen LogP contribution in [0.4, 0.5) is 0 Å². The second kappa shape index (κ2) is 9.08. The molecule has 0 N–H and O–H groups in total. The van der Waals surface area contributed by atoms with Crippen molar-refractivity contribution in [2.24, 2.45) is 0 Å². The number of ketones is 1. The Kier molecular flexibility index (Phi) is 6.54. The summed E-state index contributed by atoms with van der Waals surface area (Å²) in [4.78, 5) is 15.0. The number of carbonyl (C=O) groups is 1. The zero-order chi connectivity index (χ0) is 20.1. The molecule has 0 aromatic heterocycles.